The van der Waals surface area contributed by atoms with Crippen molar-refractivity contribution in [3.8, 4) is 5.75 Å². The number of rotatable bonds is 8. The number of benzene rings is 1. The van der Waals surface area contributed by atoms with Crippen LogP contribution in [0, 0.1) is 0 Å². The van der Waals surface area contributed by atoms with Crippen LogP contribution in [0.25, 0.3) is 0 Å². The highest BCUT2D eigenvalue weighted by molar-refractivity contribution is 5.74. The van der Waals surface area contributed by atoms with Crippen molar-refractivity contribution in [2.24, 2.45) is 0 Å². The molecule has 5 nitrogen and oxygen atoms in total. The quantitative estimate of drug-likeness (QED) is 0.687. The molecule has 0 aliphatic rings. The average Bonchev–Trinajstić information content (AvgIpc) is 2.48. The molecule has 1 unspecified atom stereocenters. The summed E-state index contributed by atoms with van der Waals surface area (Å²) in [5.41, 5.74) is 0.781. The van der Waals surface area contributed by atoms with Crippen LogP contribution in [-0.4, -0.2) is 36.9 Å². The number of hydrogen-bond acceptors (Lipinski definition) is 3. The van der Waals surface area contributed by atoms with E-state index in [9.17, 15) is 4.79 Å². The van der Waals surface area contributed by atoms with E-state index in [1.165, 1.54) is 0 Å². The number of carbonyl (C=O) groups is 1. The summed E-state index contributed by atoms with van der Waals surface area (Å²) >= 11 is 0. The van der Waals surface area contributed by atoms with Gasteiger partial charge in [0.05, 0.1) is 7.11 Å². The first-order chi connectivity index (χ1) is 10.0. The number of nitrogens with one attached hydrogen (secondary N) is 2. The number of methoxy groups -OCH3 is 1. The predicted octanol–water partition coefficient (Wildman–Crippen LogP) is 2.09. The Balaban J connectivity index is 2.35. The maximum atomic E-state index is 11.9. The minimum absolute atomic E-state index is 0.0659. The van der Waals surface area contributed by atoms with Gasteiger partial charge in [-0.1, -0.05) is 19.1 Å². The molecular formula is C16H26N2O3. The maximum absolute atomic E-state index is 11.9. The van der Waals surface area contributed by atoms with Gasteiger partial charge < -0.3 is 20.5 Å². The molecule has 0 bridgehead atoms. The molecule has 0 saturated carbocycles. The molecule has 21 heavy (non-hydrogen) atoms. The lowest BCUT2D eigenvalue weighted by molar-refractivity contribution is 0.201. The Morgan fingerprint density at radius 2 is 2.00 bits per heavy atom. The summed E-state index contributed by atoms with van der Waals surface area (Å²) in [6, 6.07) is 7.59. The second kappa shape index (κ2) is 8.52. The van der Waals surface area contributed by atoms with Gasteiger partial charge in [-0.15, -0.1) is 0 Å². The molecule has 1 atom stereocenters. The van der Waals surface area contributed by atoms with Gasteiger partial charge in [-0.3, -0.25) is 0 Å². The molecule has 1 aromatic carbocycles. The molecule has 118 valence electrons. The van der Waals surface area contributed by atoms with E-state index >= 15 is 0 Å². The lowest BCUT2D eigenvalue weighted by Gasteiger charge is -2.29. The minimum atomic E-state index is -0.362. The first kappa shape index (κ1) is 17.3. The highest BCUT2D eigenvalue weighted by Gasteiger charge is 2.23. The molecule has 0 spiro atoms. The third kappa shape index (κ3) is 6.04. The van der Waals surface area contributed by atoms with Crippen LogP contribution in [0.5, 0.6) is 5.75 Å². The standard InChI is InChI=1S/C16H26N2O3/c1-4-16(2,10-12-19)18-15(20)17-11-9-13-5-7-14(21-3)8-6-13/h5-8,19H,4,9-12H2,1-3H3,(H2,17,18,20). The van der Waals surface area contributed by atoms with Crippen molar-refractivity contribution in [3.05, 3.63) is 29.8 Å². The Morgan fingerprint density at radius 1 is 1.33 bits per heavy atom. The first-order valence-corrected chi connectivity index (χ1v) is 7.33. The van der Waals surface area contributed by atoms with Crippen LogP contribution in [-0.2, 0) is 6.42 Å². The summed E-state index contributed by atoms with van der Waals surface area (Å²) in [5, 5.41) is 14.8. The second-order valence-electron chi connectivity index (χ2n) is 5.37. The smallest absolute Gasteiger partial charge is 0.315 e. The monoisotopic (exact) mass is 294 g/mol. The molecule has 0 heterocycles. The van der Waals surface area contributed by atoms with E-state index in [1.54, 1.807) is 7.11 Å². The van der Waals surface area contributed by atoms with Gasteiger partial charge in [0.2, 0.25) is 0 Å². The van der Waals surface area contributed by atoms with Crippen LogP contribution in [0.15, 0.2) is 24.3 Å². The zero-order valence-electron chi connectivity index (χ0n) is 13.1. The fourth-order valence-electron chi connectivity index (χ4n) is 2.01. The first-order valence-electron chi connectivity index (χ1n) is 7.33. The molecule has 3 N–H and O–H groups in total. The van der Waals surface area contributed by atoms with E-state index in [4.69, 9.17) is 9.84 Å². The number of urea groups is 1. The van der Waals surface area contributed by atoms with Crippen molar-refractivity contribution in [3.63, 3.8) is 0 Å². The average molecular weight is 294 g/mol. The molecule has 0 saturated heterocycles. The van der Waals surface area contributed by atoms with E-state index in [-0.39, 0.29) is 18.2 Å². The number of aliphatic hydroxyl groups is 1. The second-order valence-corrected chi connectivity index (χ2v) is 5.37. The number of carbonyl (C=O) groups excluding carboxylic acids is 1. The van der Waals surface area contributed by atoms with Gasteiger partial charge in [0.1, 0.15) is 5.75 Å². The Labute approximate surface area is 126 Å². The topological polar surface area (TPSA) is 70.6 Å². The molecule has 1 aromatic rings. The molecule has 0 aliphatic heterocycles. The van der Waals surface area contributed by atoms with Crippen molar-refractivity contribution in [1.29, 1.82) is 0 Å². The van der Waals surface area contributed by atoms with Crippen LogP contribution in [0.4, 0.5) is 4.79 Å². The zero-order valence-corrected chi connectivity index (χ0v) is 13.1. The summed E-state index contributed by atoms with van der Waals surface area (Å²) in [5.74, 6) is 0.826. The third-order valence-electron chi connectivity index (χ3n) is 3.72. The fraction of sp³-hybridized carbons (Fsp3) is 0.562. The van der Waals surface area contributed by atoms with Gasteiger partial charge in [0, 0.05) is 18.7 Å². The van der Waals surface area contributed by atoms with Gasteiger partial charge in [-0.05, 0) is 43.9 Å². The van der Waals surface area contributed by atoms with Crippen molar-refractivity contribution in [1.82, 2.24) is 10.6 Å². The van der Waals surface area contributed by atoms with Gasteiger partial charge in [0.25, 0.3) is 0 Å². The van der Waals surface area contributed by atoms with Crippen molar-refractivity contribution < 1.29 is 14.6 Å². The Bertz CT molecular complexity index is 434. The Hall–Kier alpha value is -1.75. The van der Waals surface area contributed by atoms with Crippen LogP contribution >= 0.6 is 0 Å². The maximum Gasteiger partial charge on any atom is 0.315 e. The number of aliphatic hydroxyl groups excluding tert-OH is 1. The van der Waals surface area contributed by atoms with Gasteiger partial charge in [-0.2, -0.15) is 0 Å². The molecule has 0 aromatic heterocycles. The molecule has 0 radical (unpaired) electrons. The van der Waals surface area contributed by atoms with E-state index in [0.29, 0.717) is 13.0 Å². The molecule has 0 fully saturated rings. The molecule has 2 amide bonds. The van der Waals surface area contributed by atoms with E-state index in [0.717, 1.165) is 24.2 Å². The predicted molar refractivity (Wildman–Crippen MR) is 83.6 cm³/mol. The van der Waals surface area contributed by atoms with Crippen molar-refractivity contribution >= 4 is 6.03 Å². The van der Waals surface area contributed by atoms with Crippen LogP contribution in [0.1, 0.15) is 32.3 Å². The normalized spacial score (nSPS) is 13.3. The lowest BCUT2D eigenvalue weighted by atomic mass is 9.95. The highest BCUT2D eigenvalue weighted by Crippen LogP contribution is 2.13. The van der Waals surface area contributed by atoms with E-state index < -0.39 is 0 Å². The fourth-order valence-corrected chi connectivity index (χ4v) is 2.01. The van der Waals surface area contributed by atoms with E-state index in [1.807, 2.05) is 38.1 Å². The molecule has 5 heteroatoms. The van der Waals surface area contributed by atoms with Gasteiger partial charge in [0.15, 0.2) is 0 Å². The summed E-state index contributed by atoms with van der Waals surface area (Å²) in [6.45, 7) is 4.56. The SMILES string of the molecule is CCC(C)(CCO)NC(=O)NCCc1ccc(OC)cc1. The molecule has 1 rings (SSSR count). The minimum Gasteiger partial charge on any atom is -0.497 e. The summed E-state index contributed by atoms with van der Waals surface area (Å²) < 4.78 is 5.10. The molecule has 0 aliphatic carbocycles. The Morgan fingerprint density at radius 3 is 2.52 bits per heavy atom. The van der Waals surface area contributed by atoms with Crippen LogP contribution in [0.2, 0.25) is 0 Å². The van der Waals surface area contributed by atoms with Crippen molar-refractivity contribution in [2.75, 3.05) is 20.3 Å². The van der Waals surface area contributed by atoms with E-state index in [2.05, 4.69) is 10.6 Å². The largest absolute Gasteiger partial charge is 0.497 e. The Kier molecular flexibility index (Phi) is 7.02. The number of ether oxygens (including phenoxy) is 1. The van der Waals surface area contributed by atoms with Gasteiger partial charge in [-0.25, -0.2) is 4.79 Å². The number of hydrogen-bond donors (Lipinski definition) is 3. The van der Waals surface area contributed by atoms with Crippen LogP contribution < -0.4 is 15.4 Å². The third-order valence-corrected chi connectivity index (χ3v) is 3.72. The van der Waals surface area contributed by atoms with Crippen LogP contribution in [0.3, 0.4) is 0 Å². The summed E-state index contributed by atoms with van der Waals surface area (Å²) in [7, 11) is 1.64. The zero-order chi connectivity index (χ0) is 15.7. The lowest BCUT2D eigenvalue weighted by Crippen LogP contribution is -2.50. The number of amides is 2. The van der Waals surface area contributed by atoms with Gasteiger partial charge >= 0.3 is 6.03 Å². The van der Waals surface area contributed by atoms with Crippen molar-refractivity contribution in [2.45, 2.75) is 38.6 Å². The summed E-state index contributed by atoms with van der Waals surface area (Å²) in [4.78, 5) is 11.9. The highest BCUT2D eigenvalue weighted by atomic mass is 16.5. The summed E-state index contributed by atoms with van der Waals surface area (Å²) in [6.07, 6.45) is 2.09. The molecular weight excluding hydrogens is 268 g/mol.